The second-order valence-corrected chi connectivity index (χ2v) is 9.71. The molecule has 0 aliphatic carbocycles. The number of sulfonamides is 1. The first-order valence-electron chi connectivity index (χ1n) is 7.12. The molecule has 0 amide bonds. The SMILES string of the molecule is C[C@@H](NS(=O)(=O)Cc1ccccc1Cl)c1ccc(S(C)(=O)=O)cc1. The molecule has 8 heteroatoms. The minimum atomic E-state index is -3.60. The van der Waals surface area contributed by atoms with E-state index >= 15 is 0 Å². The third-order valence-corrected chi connectivity index (χ3v) is 6.37. The van der Waals surface area contributed by atoms with Crippen LogP contribution < -0.4 is 4.72 Å². The first kappa shape index (κ1) is 18.9. The topological polar surface area (TPSA) is 80.3 Å². The van der Waals surface area contributed by atoms with Gasteiger partial charge >= 0.3 is 0 Å². The van der Waals surface area contributed by atoms with Gasteiger partial charge in [0, 0.05) is 17.3 Å². The molecule has 24 heavy (non-hydrogen) atoms. The average Bonchev–Trinajstić information content (AvgIpc) is 2.48. The highest BCUT2D eigenvalue weighted by Crippen LogP contribution is 2.20. The zero-order valence-electron chi connectivity index (χ0n) is 13.2. The average molecular weight is 388 g/mol. The van der Waals surface area contributed by atoms with Gasteiger partial charge < -0.3 is 0 Å². The Morgan fingerprint density at radius 1 is 1.00 bits per heavy atom. The fourth-order valence-corrected chi connectivity index (χ4v) is 4.53. The number of hydrogen-bond donors (Lipinski definition) is 1. The van der Waals surface area contributed by atoms with Gasteiger partial charge in [-0.3, -0.25) is 0 Å². The van der Waals surface area contributed by atoms with Crippen molar-refractivity contribution in [3.63, 3.8) is 0 Å². The van der Waals surface area contributed by atoms with Gasteiger partial charge in [-0.25, -0.2) is 21.6 Å². The number of hydrogen-bond acceptors (Lipinski definition) is 4. The van der Waals surface area contributed by atoms with E-state index < -0.39 is 25.9 Å². The van der Waals surface area contributed by atoms with Crippen LogP contribution in [-0.2, 0) is 25.6 Å². The Kier molecular flexibility index (Phi) is 5.70. The molecule has 0 aliphatic heterocycles. The molecule has 2 aromatic carbocycles. The lowest BCUT2D eigenvalue weighted by Gasteiger charge is -2.15. The standard InChI is InChI=1S/C16H18ClNO4S2/c1-12(13-7-9-15(10-8-13)23(2,19)20)18-24(21,22)11-14-5-3-4-6-16(14)17/h3-10,12,18H,11H2,1-2H3/t12-/m1/s1. The van der Waals surface area contributed by atoms with Crippen molar-refractivity contribution >= 4 is 31.5 Å². The summed E-state index contributed by atoms with van der Waals surface area (Å²) in [5.41, 5.74) is 1.19. The van der Waals surface area contributed by atoms with E-state index in [9.17, 15) is 16.8 Å². The van der Waals surface area contributed by atoms with Gasteiger partial charge in [-0.15, -0.1) is 0 Å². The summed E-state index contributed by atoms with van der Waals surface area (Å²) < 4.78 is 50.1. The molecular formula is C16H18ClNO4S2. The molecule has 0 bridgehead atoms. The second kappa shape index (κ2) is 7.23. The predicted octanol–water partition coefficient (Wildman–Crippen LogP) is 2.92. The molecule has 1 atom stereocenters. The summed E-state index contributed by atoms with van der Waals surface area (Å²) in [4.78, 5) is 0.192. The van der Waals surface area contributed by atoms with Gasteiger partial charge in [0.05, 0.1) is 10.6 Å². The van der Waals surface area contributed by atoms with Crippen LogP contribution in [0, 0.1) is 0 Å². The molecule has 130 valence electrons. The largest absolute Gasteiger partial charge is 0.224 e. The summed E-state index contributed by atoms with van der Waals surface area (Å²) in [5, 5.41) is 0.396. The van der Waals surface area contributed by atoms with Gasteiger partial charge in [-0.1, -0.05) is 41.9 Å². The monoisotopic (exact) mass is 387 g/mol. The number of halogens is 1. The Balaban J connectivity index is 2.13. The van der Waals surface area contributed by atoms with E-state index in [2.05, 4.69) is 4.72 Å². The highest BCUT2D eigenvalue weighted by molar-refractivity contribution is 7.90. The van der Waals surface area contributed by atoms with E-state index in [1.807, 2.05) is 0 Å². The molecule has 0 fully saturated rings. The van der Waals surface area contributed by atoms with Crippen LogP contribution in [0.2, 0.25) is 5.02 Å². The molecule has 5 nitrogen and oxygen atoms in total. The number of sulfone groups is 1. The van der Waals surface area contributed by atoms with E-state index in [1.165, 1.54) is 12.1 Å². The minimum Gasteiger partial charge on any atom is -0.224 e. The lowest BCUT2D eigenvalue weighted by atomic mass is 10.1. The molecular weight excluding hydrogens is 370 g/mol. The summed E-state index contributed by atoms with van der Waals surface area (Å²) in [6.45, 7) is 1.69. The van der Waals surface area contributed by atoms with Gasteiger partial charge in [-0.05, 0) is 36.2 Å². The molecule has 1 N–H and O–H groups in total. The van der Waals surface area contributed by atoms with Gasteiger partial charge in [0.1, 0.15) is 0 Å². The van der Waals surface area contributed by atoms with Crippen molar-refractivity contribution in [1.29, 1.82) is 0 Å². The fraction of sp³-hybridized carbons (Fsp3) is 0.250. The number of rotatable bonds is 6. The van der Waals surface area contributed by atoms with Crippen LogP contribution in [0.5, 0.6) is 0 Å². The Morgan fingerprint density at radius 3 is 2.12 bits per heavy atom. The van der Waals surface area contributed by atoms with Crippen molar-refractivity contribution in [2.45, 2.75) is 23.6 Å². The molecule has 0 aliphatic rings. The number of nitrogens with one attached hydrogen (secondary N) is 1. The smallest absolute Gasteiger partial charge is 0.216 e. The van der Waals surface area contributed by atoms with Gasteiger partial charge in [-0.2, -0.15) is 0 Å². The quantitative estimate of drug-likeness (QED) is 0.826. The van der Waals surface area contributed by atoms with E-state index in [0.29, 0.717) is 16.1 Å². The summed E-state index contributed by atoms with van der Waals surface area (Å²) >= 11 is 5.99. The Bertz CT molecular complexity index is 923. The number of benzene rings is 2. The van der Waals surface area contributed by atoms with E-state index in [0.717, 1.165) is 6.26 Å². The summed E-state index contributed by atoms with van der Waals surface area (Å²) in [5.74, 6) is -0.224. The normalized spacial score (nSPS) is 13.6. The molecule has 0 saturated carbocycles. The van der Waals surface area contributed by atoms with Gasteiger partial charge in [0.25, 0.3) is 0 Å². The third kappa shape index (κ3) is 5.04. The van der Waals surface area contributed by atoms with E-state index in [1.54, 1.807) is 43.3 Å². The predicted molar refractivity (Wildman–Crippen MR) is 95.2 cm³/mol. The van der Waals surface area contributed by atoms with Gasteiger partial charge in [0.2, 0.25) is 10.0 Å². The van der Waals surface area contributed by atoms with Crippen LogP contribution in [0.3, 0.4) is 0 Å². The van der Waals surface area contributed by atoms with Crippen LogP contribution in [0.4, 0.5) is 0 Å². The fourth-order valence-electron chi connectivity index (χ4n) is 2.20. The van der Waals surface area contributed by atoms with Crippen molar-refractivity contribution in [3.8, 4) is 0 Å². The molecule has 0 radical (unpaired) electrons. The second-order valence-electron chi connectivity index (χ2n) is 5.53. The van der Waals surface area contributed by atoms with Crippen LogP contribution >= 0.6 is 11.6 Å². The minimum absolute atomic E-state index is 0.192. The van der Waals surface area contributed by atoms with Crippen molar-refractivity contribution in [3.05, 3.63) is 64.7 Å². The lowest BCUT2D eigenvalue weighted by Crippen LogP contribution is -2.28. The Morgan fingerprint density at radius 2 is 1.58 bits per heavy atom. The van der Waals surface area contributed by atoms with Crippen LogP contribution in [0.15, 0.2) is 53.4 Å². The highest BCUT2D eigenvalue weighted by atomic mass is 35.5. The first-order chi connectivity index (χ1) is 11.1. The van der Waals surface area contributed by atoms with Gasteiger partial charge in [0.15, 0.2) is 9.84 Å². The highest BCUT2D eigenvalue weighted by Gasteiger charge is 2.18. The van der Waals surface area contributed by atoms with Crippen molar-refractivity contribution in [2.75, 3.05) is 6.26 Å². The molecule has 2 aromatic rings. The molecule has 0 heterocycles. The van der Waals surface area contributed by atoms with Crippen LogP contribution in [-0.4, -0.2) is 23.1 Å². The zero-order valence-corrected chi connectivity index (χ0v) is 15.6. The third-order valence-electron chi connectivity index (χ3n) is 3.47. The first-order valence-corrected chi connectivity index (χ1v) is 11.0. The van der Waals surface area contributed by atoms with E-state index in [-0.39, 0.29) is 10.6 Å². The molecule has 0 saturated heterocycles. The Labute approximate surface area is 147 Å². The molecule has 0 aromatic heterocycles. The Hall–Kier alpha value is -1.41. The molecule has 0 spiro atoms. The summed E-state index contributed by atoms with van der Waals surface area (Å²) in [7, 11) is -6.87. The zero-order chi connectivity index (χ0) is 18.0. The lowest BCUT2D eigenvalue weighted by molar-refractivity contribution is 0.565. The maximum absolute atomic E-state index is 12.3. The van der Waals surface area contributed by atoms with Crippen molar-refractivity contribution in [1.82, 2.24) is 4.72 Å². The summed E-state index contributed by atoms with van der Waals surface area (Å²) in [6.07, 6.45) is 1.12. The van der Waals surface area contributed by atoms with Crippen LogP contribution in [0.1, 0.15) is 24.1 Å². The maximum atomic E-state index is 12.3. The molecule has 0 unspecified atom stereocenters. The maximum Gasteiger partial charge on any atom is 0.216 e. The molecule has 2 rings (SSSR count). The van der Waals surface area contributed by atoms with Crippen LogP contribution in [0.25, 0.3) is 0 Å². The van der Waals surface area contributed by atoms with Crippen molar-refractivity contribution < 1.29 is 16.8 Å². The van der Waals surface area contributed by atoms with Crippen molar-refractivity contribution in [2.24, 2.45) is 0 Å². The van der Waals surface area contributed by atoms with E-state index in [4.69, 9.17) is 11.6 Å². The summed E-state index contributed by atoms with van der Waals surface area (Å²) in [6, 6.07) is 12.4.